The SMILES string of the molecule is CCCCCCCCCCCCCCCC(=O)OC(=O)CC[C@H](N)C(=O)OC(=O)CCCCCCCCCCCCCCC.[NaH].[NaH]. The molecule has 0 aromatic heterocycles. The van der Waals surface area contributed by atoms with E-state index in [0.29, 0.717) is 12.8 Å². The molecule has 0 saturated heterocycles. The van der Waals surface area contributed by atoms with Crippen LogP contribution >= 0.6 is 0 Å². The summed E-state index contributed by atoms with van der Waals surface area (Å²) in [6.07, 6.45) is 31.8. The molecule has 0 aliphatic heterocycles. The van der Waals surface area contributed by atoms with E-state index in [1.165, 1.54) is 128 Å². The van der Waals surface area contributed by atoms with Gasteiger partial charge in [-0.05, 0) is 19.3 Å². The van der Waals surface area contributed by atoms with Crippen molar-refractivity contribution in [3.05, 3.63) is 0 Å². The molecule has 262 valence electrons. The van der Waals surface area contributed by atoms with Gasteiger partial charge < -0.3 is 15.2 Å². The average Bonchev–Trinajstić information content (AvgIpc) is 3.00. The molecule has 0 aromatic carbocycles. The molecular weight excluding hydrogens is 600 g/mol. The third kappa shape index (κ3) is 37.1. The number of ether oxygens (including phenoxy) is 2. The zero-order valence-corrected chi connectivity index (χ0v) is 28.8. The van der Waals surface area contributed by atoms with Crippen LogP contribution in [-0.4, -0.2) is 89.0 Å². The van der Waals surface area contributed by atoms with Gasteiger partial charge >= 0.3 is 83.0 Å². The topological polar surface area (TPSA) is 113 Å². The molecule has 7 nitrogen and oxygen atoms in total. The van der Waals surface area contributed by atoms with E-state index in [2.05, 4.69) is 13.8 Å². The zero-order valence-electron chi connectivity index (χ0n) is 28.8. The predicted molar refractivity (Wildman–Crippen MR) is 194 cm³/mol. The molecule has 0 aliphatic carbocycles. The number of hydrogen-bond donors (Lipinski definition) is 1. The van der Waals surface area contributed by atoms with E-state index in [4.69, 9.17) is 15.2 Å². The molecule has 0 heterocycles. The Kier molecular flexibility index (Phi) is 43.7. The van der Waals surface area contributed by atoms with Crippen molar-refractivity contribution in [1.29, 1.82) is 0 Å². The van der Waals surface area contributed by atoms with Crippen LogP contribution in [0.1, 0.15) is 206 Å². The van der Waals surface area contributed by atoms with Gasteiger partial charge in [0.15, 0.2) is 0 Å². The van der Waals surface area contributed by atoms with Crippen LogP contribution in [0, 0.1) is 0 Å². The monoisotopic (exact) mass is 672 g/mol. The van der Waals surface area contributed by atoms with Gasteiger partial charge in [0, 0.05) is 19.3 Å². The fourth-order valence-electron chi connectivity index (χ4n) is 5.43. The van der Waals surface area contributed by atoms with Crippen LogP contribution in [0.2, 0.25) is 0 Å². The summed E-state index contributed by atoms with van der Waals surface area (Å²) in [5.74, 6) is -2.66. The second-order valence-electron chi connectivity index (χ2n) is 12.8. The van der Waals surface area contributed by atoms with Crippen molar-refractivity contribution in [3.63, 3.8) is 0 Å². The van der Waals surface area contributed by atoms with E-state index in [1.807, 2.05) is 0 Å². The Labute approximate surface area is 327 Å². The Morgan fingerprint density at radius 2 is 0.674 bits per heavy atom. The van der Waals surface area contributed by atoms with Crippen molar-refractivity contribution < 1.29 is 28.7 Å². The molecule has 0 saturated carbocycles. The molecule has 0 amide bonds. The molecule has 0 fully saturated rings. The Morgan fingerprint density at radius 3 is 1.00 bits per heavy atom. The van der Waals surface area contributed by atoms with Gasteiger partial charge in [-0.3, -0.25) is 14.4 Å². The first-order valence-electron chi connectivity index (χ1n) is 18.6. The predicted octanol–water partition coefficient (Wildman–Crippen LogP) is 8.90. The fraction of sp³-hybridized carbons (Fsp3) is 0.892. The maximum atomic E-state index is 12.1. The molecule has 0 spiro atoms. The third-order valence-electron chi connectivity index (χ3n) is 8.37. The molecule has 9 heteroatoms. The molecule has 0 aromatic rings. The third-order valence-corrected chi connectivity index (χ3v) is 8.37. The quantitative estimate of drug-likeness (QED) is 0.0329. The van der Waals surface area contributed by atoms with Gasteiger partial charge in [0.25, 0.3) is 0 Å². The molecule has 0 rings (SSSR count). The Hall–Kier alpha value is 0.240. The first-order chi connectivity index (χ1) is 21.4. The number of carbonyl (C=O) groups excluding carboxylic acids is 4. The number of hydrogen-bond acceptors (Lipinski definition) is 7. The van der Waals surface area contributed by atoms with Crippen LogP contribution in [0.4, 0.5) is 0 Å². The number of nitrogens with two attached hydrogens (primary N) is 1. The Bertz CT molecular complexity index is 722. The maximum absolute atomic E-state index is 12.1. The van der Waals surface area contributed by atoms with Crippen LogP contribution in [0.3, 0.4) is 0 Å². The van der Waals surface area contributed by atoms with Gasteiger partial charge in [0.05, 0.1) is 0 Å². The van der Waals surface area contributed by atoms with Crippen molar-refractivity contribution in [2.24, 2.45) is 5.73 Å². The van der Waals surface area contributed by atoms with Gasteiger partial charge in [0.2, 0.25) is 0 Å². The summed E-state index contributed by atoms with van der Waals surface area (Å²) in [4.78, 5) is 48.0. The molecule has 1 atom stereocenters. The molecular formula is C37H71NNa2O6. The van der Waals surface area contributed by atoms with E-state index in [9.17, 15) is 19.2 Å². The normalized spacial score (nSPS) is 11.3. The second-order valence-corrected chi connectivity index (χ2v) is 12.8. The van der Waals surface area contributed by atoms with E-state index in [-0.39, 0.29) is 84.8 Å². The average molecular weight is 672 g/mol. The van der Waals surface area contributed by atoms with Crippen molar-refractivity contribution in [3.8, 4) is 0 Å². The number of carbonyl (C=O) groups is 4. The van der Waals surface area contributed by atoms with Gasteiger partial charge in [0.1, 0.15) is 6.04 Å². The summed E-state index contributed by atoms with van der Waals surface area (Å²) < 4.78 is 9.69. The number of rotatable bonds is 32. The summed E-state index contributed by atoms with van der Waals surface area (Å²) in [5.41, 5.74) is 5.79. The minimum atomic E-state index is -1.10. The fourth-order valence-corrected chi connectivity index (χ4v) is 5.43. The molecule has 46 heavy (non-hydrogen) atoms. The van der Waals surface area contributed by atoms with E-state index < -0.39 is 29.9 Å². The summed E-state index contributed by atoms with van der Waals surface area (Å²) in [6.45, 7) is 4.49. The summed E-state index contributed by atoms with van der Waals surface area (Å²) in [6, 6.07) is -1.10. The summed E-state index contributed by atoms with van der Waals surface area (Å²) in [5, 5.41) is 0. The van der Waals surface area contributed by atoms with Gasteiger partial charge in [-0.15, -0.1) is 0 Å². The molecule has 0 aliphatic rings. The van der Waals surface area contributed by atoms with Crippen LogP contribution in [0.25, 0.3) is 0 Å². The summed E-state index contributed by atoms with van der Waals surface area (Å²) in [7, 11) is 0. The molecule has 2 N–H and O–H groups in total. The molecule has 0 unspecified atom stereocenters. The number of unbranched alkanes of at least 4 members (excludes halogenated alkanes) is 24. The van der Waals surface area contributed by atoms with Crippen molar-refractivity contribution in [1.82, 2.24) is 0 Å². The van der Waals surface area contributed by atoms with Gasteiger partial charge in [-0.2, -0.15) is 0 Å². The summed E-state index contributed by atoms with van der Waals surface area (Å²) >= 11 is 0. The van der Waals surface area contributed by atoms with Crippen LogP contribution in [-0.2, 0) is 28.7 Å². The van der Waals surface area contributed by atoms with Crippen molar-refractivity contribution >= 4 is 83.0 Å². The van der Waals surface area contributed by atoms with Gasteiger partial charge in [-0.25, -0.2) is 4.79 Å². The second kappa shape index (κ2) is 39.7. The van der Waals surface area contributed by atoms with Crippen LogP contribution in [0.5, 0.6) is 0 Å². The van der Waals surface area contributed by atoms with E-state index >= 15 is 0 Å². The Morgan fingerprint density at radius 1 is 0.413 bits per heavy atom. The first kappa shape index (κ1) is 50.6. The van der Waals surface area contributed by atoms with E-state index in [1.54, 1.807) is 0 Å². The molecule has 0 bridgehead atoms. The number of esters is 4. The van der Waals surface area contributed by atoms with Crippen LogP contribution < -0.4 is 5.73 Å². The Balaban J connectivity index is -0.00000924. The zero-order chi connectivity index (χ0) is 32.5. The van der Waals surface area contributed by atoms with Gasteiger partial charge in [-0.1, -0.05) is 168 Å². The first-order valence-corrected chi connectivity index (χ1v) is 18.6. The van der Waals surface area contributed by atoms with Crippen molar-refractivity contribution in [2.45, 2.75) is 213 Å². The van der Waals surface area contributed by atoms with Crippen LogP contribution in [0.15, 0.2) is 0 Å². The van der Waals surface area contributed by atoms with E-state index in [0.717, 1.165) is 25.7 Å². The minimum absolute atomic E-state index is 0. The molecule has 0 radical (unpaired) electrons. The standard InChI is InChI=1S/C37H69NO6.2Na.2H/c1-3-5-7-9-11-13-15-17-19-21-23-25-27-29-34(39)43-36(41)32-31-33(38)37(42)44-35(40)30-28-26-24-22-20-18-16-14-12-10-8-6-4-2;;;;/h33H,3-32,38H2,1-2H3;;;;/t33-;;;;/m0..../s1. The van der Waals surface area contributed by atoms with Crippen molar-refractivity contribution in [2.75, 3.05) is 0 Å².